The summed E-state index contributed by atoms with van der Waals surface area (Å²) in [7, 11) is 3.45. The summed E-state index contributed by atoms with van der Waals surface area (Å²) in [5.41, 5.74) is 1.48. The summed E-state index contributed by atoms with van der Waals surface area (Å²) in [6.45, 7) is 4.22. The lowest BCUT2D eigenvalue weighted by molar-refractivity contribution is 0.0492. The van der Waals surface area contributed by atoms with E-state index < -0.39 is 0 Å². The van der Waals surface area contributed by atoms with Crippen molar-refractivity contribution in [2.45, 2.75) is 18.3 Å². The Morgan fingerprint density at radius 3 is 2.75 bits per heavy atom. The number of benzene rings is 1. The van der Waals surface area contributed by atoms with Gasteiger partial charge in [0, 0.05) is 38.8 Å². The minimum Gasteiger partial charge on any atom is -0.497 e. The van der Waals surface area contributed by atoms with Gasteiger partial charge in [-0.25, -0.2) is 0 Å². The molecule has 1 aliphatic heterocycles. The minimum absolute atomic E-state index is 0.139. The summed E-state index contributed by atoms with van der Waals surface area (Å²) in [6.07, 6.45) is 2.08. The van der Waals surface area contributed by atoms with Crippen molar-refractivity contribution in [2.75, 3.05) is 47.1 Å². The van der Waals surface area contributed by atoms with Crippen LogP contribution in [-0.2, 0) is 14.9 Å². The molecule has 1 fully saturated rings. The monoisotopic (exact) mass is 279 g/mol. The largest absolute Gasteiger partial charge is 0.497 e. The van der Waals surface area contributed by atoms with Crippen LogP contribution in [0.5, 0.6) is 5.75 Å². The molecular weight excluding hydrogens is 254 g/mol. The van der Waals surface area contributed by atoms with Gasteiger partial charge in [0.15, 0.2) is 0 Å². The lowest BCUT2D eigenvalue weighted by Gasteiger charge is -2.38. The second-order valence-corrected chi connectivity index (χ2v) is 5.29. The predicted octanol–water partition coefficient (Wildman–Crippen LogP) is 1.98. The fourth-order valence-electron chi connectivity index (χ4n) is 2.78. The van der Waals surface area contributed by atoms with Crippen molar-refractivity contribution >= 4 is 0 Å². The van der Waals surface area contributed by atoms with E-state index in [4.69, 9.17) is 14.2 Å². The van der Waals surface area contributed by atoms with Crippen LogP contribution in [0.1, 0.15) is 18.4 Å². The first-order chi connectivity index (χ1) is 9.80. The molecule has 112 valence electrons. The first-order valence-corrected chi connectivity index (χ1v) is 7.23. The number of hydrogen-bond acceptors (Lipinski definition) is 4. The molecule has 2 rings (SSSR count). The van der Waals surface area contributed by atoms with Crippen molar-refractivity contribution < 1.29 is 14.2 Å². The van der Waals surface area contributed by atoms with E-state index in [1.54, 1.807) is 14.2 Å². The van der Waals surface area contributed by atoms with Crippen LogP contribution in [0.4, 0.5) is 0 Å². The number of methoxy groups -OCH3 is 2. The van der Waals surface area contributed by atoms with Crippen LogP contribution in [0.25, 0.3) is 0 Å². The molecule has 1 N–H and O–H groups in total. The molecule has 0 spiro atoms. The third-order valence-corrected chi connectivity index (χ3v) is 4.08. The molecule has 1 saturated heterocycles. The average Bonchev–Trinajstić information content (AvgIpc) is 2.52. The summed E-state index contributed by atoms with van der Waals surface area (Å²) in [5, 5.41) is 3.51. The molecule has 0 saturated carbocycles. The van der Waals surface area contributed by atoms with E-state index in [0.717, 1.165) is 51.5 Å². The Kier molecular flexibility index (Phi) is 5.83. The average molecular weight is 279 g/mol. The fraction of sp³-hybridized carbons (Fsp3) is 0.625. The molecule has 4 nitrogen and oxygen atoms in total. The summed E-state index contributed by atoms with van der Waals surface area (Å²) >= 11 is 0. The normalized spacial score (nSPS) is 17.9. The SMILES string of the molecule is COCCNCC1(c2cccc(OC)c2)CCOCC1. The quantitative estimate of drug-likeness (QED) is 0.775. The zero-order valence-electron chi connectivity index (χ0n) is 12.5. The Bertz CT molecular complexity index is 402. The molecule has 4 heteroatoms. The highest BCUT2D eigenvalue weighted by Crippen LogP contribution is 2.35. The summed E-state index contributed by atoms with van der Waals surface area (Å²) in [5.74, 6) is 0.922. The molecule has 0 atom stereocenters. The Labute approximate surface area is 121 Å². The van der Waals surface area contributed by atoms with E-state index in [2.05, 4.69) is 23.5 Å². The number of rotatable bonds is 7. The van der Waals surface area contributed by atoms with E-state index in [0.29, 0.717) is 0 Å². The second kappa shape index (κ2) is 7.62. The van der Waals surface area contributed by atoms with Gasteiger partial charge in [-0.2, -0.15) is 0 Å². The topological polar surface area (TPSA) is 39.7 Å². The molecule has 0 unspecified atom stereocenters. The fourth-order valence-corrected chi connectivity index (χ4v) is 2.78. The van der Waals surface area contributed by atoms with Gasteiger partial charge in [0.2, 0.25) is 0 Å². The van der Waals surface area contributed by atoms with Crippen molar-refractivity contribution in [3.63, 3.8) is 0 Å². The zero-order valence-corrected chi connectivity index (χ0v) is 12.5. The maximum atomic E-state index is 5.55. The molecule has 0 aromatic heterocycles. The van der Waals surface area contributed by atoms with Crippen molar-refractivity contribution in [2.24, 2.45) is 0 Å². The third kappa shape index (κ3) is 3.72. The van der Waals surface area contributed by atoms with Crippen molar-refractivity contribution in [3.8, 4) is 5.75 Å². The maximum Gasteiger partial charge on any atom is 0.119 e. The van der Waals surface area contributed by atoms with Crippen LogP contribution < -0.4 is 10.1 Å². The van der Waals surface area contributed by atoms with E-state index >= 15 is 0 Å². The van der Waals surface area contributed by atoms with Gasteiger partial charge in [-0.15, -0.1) is 0 Å². The molecule has 0 bridgehead atoms. The standard InChI is InChI=1S/C16H25NO3/c1-18-11-8-17-13-16(6-9-20-10-7-16)14-4-3-5-15(12-14)19-2/h3-5,12,17H,6-11,13H2,1-2H3. The van der Waals surface area contributed by atoms with Gasteiger partial charge in [-0.1, -0.05) is 12.1 Å². The van der Waals surface area contributed by atoms with Crippen LogP contribution in [0.2, 0.25) is 0 Å². The van der Waals surface area contributed by atoms with Gasteiger partial charge in [-0.3, -0.25) is 0 Å². The van der Waals surface area contributed by atoms with Crippen LogP contribution in [0.3, 0.4) is 0 Å². The minimum atomic E-state index is 0.139. The predicted molar refractivity (Wildman–Crippen MR) is 79.5 cm³/mol. The molecular formula is C16H25NO3. The molecule has 1 aromatic rings. The van der Waals surface area contributed by atoms with Crippen molar-refractivity contribution in [1.29, 1.82) is 0 Å². The maximum absolute atomic E-state index is 5.55. The zero-order chi connectivity index (χ0) is 14.3. The third-order valence-electron chi connectivity index (χ3n) is 4.08. The van der Waals surface area contributed by atoms with Gasteiger partial charge in [-0.05, 0) is 30.5 Å². The first-order valence-electron chi connectivity index (χ1n) is 7.23. The Morgan fingerprint density at radius 2 is 2.05 bits per heavy atom. The lowest BCUT2D eigenvalue weighted by atomic mass is 9.74. The Hall–Kier alpha value is -1.10. The highest BCUT2D eigenvalue weighted by atomic mass is 16.5. The number of ether oxygens (including phenoxy) is 3. The number of hydrogen-bond donors (Lipinski definition) is 1. The lowest BCUT2D eigenvalue weighted by Crippen LogP contribution is -2.43. The van der Waals surface area contributed by atoms with E-state index in [1.165, 1.54) is 5.56 Å². The van der Waals surface area contributed by atoms with Gasteiger partial charge in [0.25, 0.3) is 0 Å². The molecule has 0 amide bonds. The van der Waals surface area contributed by atoms with Crippen LogP contribution in [0.15, 0.2) is 24.3 Å². The molecule has 1 aromatic carbocycles. The van der Waals surface area contributed by atoms with Gasteiger partial charge in [0.1, 0.15) is 5.75 Å². The van der Waals surface area contributed by atoms with Gasteiger partial charge >= 0.3 is 0 Å². The second-order valence-electron chi connectivity index (χ2n) is 5.29. The van der Waals surface area contributed by atoms with Crippen LogP contribution in [-0.4, -0.2) is 47.1 Å². The van der Waals surface area contributed by atoms with Crippen LogP contribution >= 0.6 is 0 Å². The summed E-state index contributed by atoms with van der Waals surface area (Å²) < 4.78 is 16.0. The summed E-state index contributed by atoms with van der Waals surface area (Å²) in [6, 6.07) is 8.42. The van der Waals surface area contributed by atoms with Gasteiger partial charge < -0.3 is 19.5 Å². The van der Waals surface area contributed by atoms with E-state index in [1.807, 2.05) is 6.07 Å². The van der Waals surface area contributed by atoms with Crippen molar-refractivity contribution in [3.05, 3.63) is 29.8 Å². The first kappa shape index (κ1) is 15.3. The molecule has 0 radical (unpaired) electrons. The van der Waals surface area contributed by atoms with Gasteiger partial charge in [0.05, 0.1) is 13.7 Å². The molecule has 1 aliphatic rings. The van der Waals surface area contributed by atoms with Crippen molar-refractivity contribution in [1.82, 2.24) is 5.32 Å². The smallest absolute Gasteiger partial charge is 0.119 e. The highest BCUT2D eigenvalue weighted by Gasteiger charge is 2.34. The molecule has 0 aliphatic carbocycles. The molecule has 1 heterocycles. The highest BCUT2D eigenvalue weighted by molar-refractivity contribution is 5.34. The summed E-state index contributed by atoms with van der Waals surface area (Å²) in [4.78, 5) is 0. The molecule has 20 heavy (non-hydrogen) atoms. The number of nitrogens with one attached hydrogen (secondary N) is 1. The Morgan fingerprint density at radius 1 is 1.25 bits per heavy atom. The van der Waals surface area contributed by atoms with Crippen LogP contribution in [0, 0.1) is 0 Å². The van der Waals surface area contributed by atoms with E-state index in [-0.39, 0.29) is 5.41 Å². The van der Waals surface area contributed by atoms with E-state index in [9.17, 15) is 0 Å². The Balaban J connectivity index is 2.12.